The van der Waals surface area contributed by atoms with Gasteiger partial charge in [0.1, 0.15) is 23.2 Å². The third-order valence-electron chi connectivity index (χ3n) is 6.39. The van der Waals surface area contributed by atoms with E-state index in [0.29, 0.717) is 11.4 Å². The number of nitrogens with one attached hydrogen (secondary N) is 1. The maximum atomic E-state index is 14.2. The van der Waals surface area contributed by atoms with Gasteiger partial charge in [-0.15, -0.1) is 0 Å². The van der Waals surface area contributed by atoms with E-state index in [2.05, 4.69) is 85.0 Å². The van der Waals surface area contributed by atoms with Crippen LogP contribution >= 0.6 is 18.9 Å². The summed E-state index contributed by atoms with van der Waals surface area (Å²) in [6.45, 7) is 6.10. The van der Waals surface area contributed by atoms with E-state index < -0.39 is 7.26 Å². The first-order valence-corrected chi connectivity index (χ1v) is 13.8. The molecule has 0 radical (unpaired) electrons. The Balaban J connectivity index is 1.95. The van der Waals surface area contributed by atoms with Crippen LogP contribution in [0.15, 0.2) is 103 Å². The lowest BCUT2D eigenvalue weighted by molar-refractivity contribution is -0.115. The molecule has 172 valence electrons. The molecule has 1 amide bonds. The highest BCUT2D eigenvalue weighted by Gasteiger charge is 2.54. The molecule has 4 aromatic carbocycles. The Bertz CT molecular complexity index is 1140. The lowest BCUT2D eigenvalue weighted by Gasteiger charge is -2.33. The van der Waals surface area contributed by atoms with Crippen LogP contribution < -0.4 is 21.2 Å². The van der Waals surface area contributed by atoms with Crippen LogP contribution in [0.5, 0.6) is 0 Å². The molecule has 4 aromatic rings. The molecular weight excluding hydrogens is 457 g/mol. The summed E-state index contributed by atoms with van der Waals surface area (Å²) in [5.41, 5.74) is 2.54. The SMILES string of the molecule is CCC(C(=O)Nc1c(C)cc(Cl)cc1C)[P+](c1ccccc1)(c1ccccc1)c1ccccc1. The number of carbonyl (C=O) groups excluding carboxylic acids is 1. The fraction of sp³-hybridized carbons (Fsp3) is 0.167. The predicted octanol–water partition coefficient (Wildman–Crippen LogP) is 6.67. The monoisotopic (exact) mass is 486 g/mol. The molecule has 0 aliphatic carbocycles. The van der Waals surface area contributed by atoms with Gasteiger partial charge in [-0.05, 0) is 79.9 Å². The van der Waals surface area contributed by atoms with Gasteiger partial charge in [0, 0.05) is 10.7 Å². The summed E-state index contributed by atoms with van der Waals surface area (Å²) in [6, 6.07) is 35.5. The molecule has 0 aliphatic rings. The normalized spacial score (nSPS) is 12.2. The maximum Gasteiger partial charge on any atom is 0.266 e. The van der Waals surface area contributed by atoms with Gasteiger partial charge >= 0.3 is 0 Å². The molecule has 0 heterocycles. The molecule has 0 aliphatic heterocycles. The standard InChI is InChI=1S/C30H29ClNOP/c1-4-28(30(33)32-29-22(2)20-24(31)21-23(29)3)34(25-14-8-5-9-15-25,26-16-10-6-11-17-26)27-18-12-7-13-19-27/h5-21,28H,4H2,1-3H3/p+1. The molecule has 1 unspecified atom stereocenters. The summed E-state index contributed by atoms with van der Waals surface area (Å²) in [4.78, 5) is 14.2. The highest BCUT2D eigenvalue weighted by molar-refractivity contribution is 7.96. The van der Waals surface area contributed by atoms with Crippen molar-refractivity contribution in [2.75, 3.05) is 5.32 Å². The van der Waals surface area contributed by atoms with E-state index in [1.165, 1.54) is 15.9 Å². The zero-order chi connectivity index (χ0) is 24.1. The Hall–Kier alpha value is -2.93. The van der Waals surface area contributed by atoms with Gasteiger partial charge in [-0.1, -0.05) is 73.1 Å². The second kappa shape index (κ2) is 10.6. The van der Waals surface area contributed by atoms with E-state index in [0.717, 1.165) is 16.8 Å². The van der Waals surface area contributed by atoms with Crippen LogP contribution in [0.4, 0.5) is 5.69 Å². The molecule has 1 atom stereocenters. The molecule has 1 N–H and O–H groups in total. The lowest BCUT2D eigenvalue weighted by atomic mass is 10.1. The van der Waals surface area contributed by atoms with Crippen LogP contribution in [0.3, 0.4) is 0 Å². The second-order valence-corrected chi connectivity index (χ2v) is 12.6. The highest BCUT2D eigenvalue weighted by atomic mass is 35.5. The quantitative estimate of drug-likeness (QED) is 0.290. The van der Waals surface area contributed by atoms with Crippen molar-refractivity contribution < 1.29 is 4.79 Å². The molecule has 2 nitrogen and oxygen atoms in total. The molecule has 4 heteroatoms. The van der Waals surface area contributed by atoms with E-state index in [1.54, 1.807) is 0 Å². The molecule has 0 spiro atoms. The Morgan fingerprint density at radius 1 is 0.765 bits per heavy atom. The van der Waals surface area contributed by atoms with Crippen molar-refractivity contribution in [2.45, 2.75) is 32.9 Å². The molecule has 0 bridgehead atoms. The summed E-state index contributed by atoms with van der Waals surface area (Å²) in [7, 11) is -2.33. The summed E-state index contributed by atoms with van der Waals surface area (Å²) in [6.07, 6.45) is 0.712. The number of halogens is 1. The van der Waals surface area contributed by atoms with Gasteiger partial charge in [0.25, 0.3) is 5.91 Å². The molecule has 0 fully saturated rings. The zero-order valence-corrected chi connectivity index (χ0v) is 21.5. The smallest absolute Gasteiger partial charge is 0.266 e. The molecule has 0 saturated heterocycles. The molecule has 34 heavy (non-hydrogen) atoms. The summed E-state index contributed by atoms with van der Waals surface area (Å²) in [5.74, 6) is 0.0425. The Morgan fingerprint density at radius 2 is 1.15 bits per heavy atom. The minimum Gasteiger partial charge on any atom is -0.322 e. The molecule has 0 aromatic heterocycles. The summed E-state index contributed by atoms with van der Waals surface area (Å²) in [5, 5.41) is 7.60. The minimum atomic E-state index is -2.33. The third kappa shape index (κ3) is 4.53. The predicted molar refractivity (Wildman–Crippen MR) is 149 cm³/mol. The van der Waals surface area contributed by atoms with Crippen LogP contribution in [-0.4, -0.2) is 11.6 Å². The molecular formula is C30H30ClNOP+. The third-order valence-corrected chi connectivity index (χ3v) is 11.5. The Morgan fingerprint density at radius 3 is 1.50 bits per heavy atom. The van der Waals surface area contributed by atoms with Crippen LogP contribution in [0.1, 0.15) is 24.5 Å². The number of anilines is 1. The number of hydrogen-bond acceptors (Lipinski definition) is 1. The van der Waals surface area contributed by atoms with Gasteiger partial charge in [-0.2, -0.15) is 0 Å². The lowest BCUT2D eigenvalue weighted by Crippen LogP contribution is -2.44. The van der Waals surface area contributed by atoms with Crippen molar-refractivity contribution in [3.05, 3.63) is 119 Å². The summed E-state index contributed by atoms with van der Waals surface area (Å²) >= 11 is 6.25. The number of carbonyl (C=O) groups is 1. The number of hydrogen-bond donors (Lipinski definition) is 1. The van der Waals surface area contributed by atoms with Gasteiger partial charge < -0.3 is 5.32 Å². The van der Waals surface area contributed by atoms with E-state index in [-0.39, 0.29) is 11.6 Å². The van der Waals surface area contributed by atoms with Crippen LogP contribution in [0, 0.1) is 13.8 Å². The van der Waals surface area contributed by atoms with Crippen LogP contribution in [0.25, 0.3) is 0 Å². The second-order valence-electron chi connectivity index (χ2n) is 8.56. The van der Waals surface area contributed by atoms with E-state index >= 15 is 0 Å². The highest BCUT2D eigenvalue weighted by Crippen LogP contribution is 2.61. The first-order chi connectivity index (χ1) is 16.5. The van der Waals surface area contributed by atoms with Crippen molar-refractivity contribution in [1.29, 1.82) is 0 Å². The Kier molecular flexibility index (Phi) is 7.51. The molecule has 4 rings (SSSR count). The van der Waals surface area contributed by atoms with Crippen molar-refractivity contribution in [2.24, 2.45) is 0 Å². The van der Waals surface area contributed by atoms with Gasteiger partial charge in [0.05, 0.1) is 0 Å². The van der Waals surface area contributed by atoms with Gasteiger partial charge in [0.2, 0.25) is 0 Å². The number of aryl methyl sites for hydroxylation is 2. The van der Waals surface area contributed by atoms with Crippen LogP contribution in [-0.2, 0) is 4.79 Å². The van der Waals surface area contributed by atoms with Crippen molar-refractivity contribution in [3.63, 3.8) is 0 Å². The number of amides is 1. The Labute approximate surface area is 208 Å². The largest absolute Gasteiger partial charge is 0.322 e. The minimum absolute atomic E-state index is 0.0425. The van der Waals surface area contributed by atoms with Gasteiger partial charge in [-0.25, -0.2) is 0 Å². The van der Waals surface area contributed by atoms with Crippen molar-refractivity contribution >= 4 is 46.4 Å². The molecule has 0 saturated carbocycles. The first kappa shape index (κ1) is 24.2. The number of benzene rings is 4. The van der Waals surface area contributed by atoms with E-state index in [1.807, 2.05) is 44.2 Å². The zero-order valence-electron chi connectivity index (χ0n) is 19.8. The van der Waals surface area contributed by atoms with E-state index in [9.17, 15) is 4.79 Å². The van der Waals surface area contributed by atoms with Crippen molar-refractivity contribution in [3.8, 4) is 0 Å². The van der Waals surface area contributed by atoms with Crippen molar-refractivity contribution in [1.82, 2.24) is 0 Å². The average molecular weight is 487 g/mol. The fourth-order valence-electron chi connectivity index (χ4n) is 4.93. The summed E-state index contributed by atoms with van der Waals surface area (Å²) < 4.78 is 0. The fourth-order valence-corrected chi connectivity index (χ4v) is 10.1. The van der Waals surface area contributed by atoms with Gasteiger partial charge in [0.15, 0.2) is 5.66 Å². The first-order valence-electron chi connectivity index (χ1n) is 11.6. The average Bonchev–Trinajstić information content (AvgIpc) is 2.86. The maximum absolute atomic E-state index is 14.2. The van der Waals surface area contributed by atoms with Crippen LogP contribution in [0.2, 0.25) is 5.02 Å². The topological polar surface area (TPSA) is 29.1 Å². The van der Waals surface area contributed by atoms with E-state index in [4.69, 9.17) is 11.6 Å². The van der Waals surface area contributed by atoms with Gasteiger partial charge in [-0.3, -0.25) is 4.79 Å². The number of rotatable bonds is 7.